The minimum absolute atomic E-state index is 0.522. The van der Waals surface area contributed by atoms with Gasteiger partial charge in [-0.05, 0) is 43.1 Å². The first-order valence-corrected chi connectivity index (χ1v) is 6.83. The van der Waals surface area contributed by atoms with E-state index in [9.17, 15) is 4.79 Å². The highest BCUT2D eigenvalue weighted by molar-refractivity contribution is 5.79. The van der Waals surface area contributed by atoms with E-state index in [2.05, 4.69) is 31.2 Å². The molecule has 2 aliphatic rings. The van der Waals surface area contributed by atoms with Gasteiger partial charge in [0.1, 0.15) is 5.78 Å². The fraction of sp³-hybridized carbons (Fsp3) is 0.562. The molecule has 2 bridgehead atoms. The van der Waals surface area contributed by atoms with Crippen LogP contribution in [0.5, 0.6) is 0 Å². The number of hydrogen-bond acceptors (Lipinski definition) is 1. The van der Waals surface area contributed by atoms with Gasteiger partial charge in [0.25, 0.3) is 0 Å². The highest BCUT2D eigenvalue weighted by Gasteiger charge is 2.32. The summed E-state index contributed by atoms with van der Waals surface area (Å²) in [6, 6.07) is 10.5. The Labute approximate surface area is 104 Å². The Bertz CT molecular complexity index is 341. The average Bonchev–Trinajstić information content (AvgIpc) is 2.71. The van der Waals surface area contributed by atoms with E-state index in [1.807, 2.05) is 6.07 Å². The fourth-order valence-corrected chi connectivity index (χ4v) is 2.99. The molecule has 1 aromatic rings. The van der Waals surface area contributed by atoms with E-state index in [4.69, 9.17) is 0 Å². The van der Waals surface area contributed by atoms with Gasteiger partial charge in [0.15, 0.2) is 0 Å². The largest absolute Gasteiger partial charge is 0.300 e. The third kappa shape index (κ3) is 3.69. The zero-order chi connectivity index (χ0) is 12.1. The SMILES string of the molecule is CCc1ccccc1.O=C1C[C@H]2CC[C@@H](C1)C2. The van der Waals surface area contributed by atoms with E-state index < -0.39 is 0 Å². The van der Waals surface area contributed by atoms with Crippen molar-refractivity contribution in [3.63, 3.8) is 0 Å². The standard InChI is InChI=1S/C8H12O.C8H10/c9-8-4-6-1-2-7(3-6)5-8;1-2-8-6-4-3-5-7-8/h6-7H,1-5H2;3-7H,2H2,1H3/t6-,7+;. The number of Topliss-reactive ketones (excluding diaryl/α,β-unsaturated/α-hetero) is 1. The summed E-state index contributed by atoms with van der Waals surface area (Å²) in [4.78, 5) is 10.9. The Morgan fingerprint density at radius 3 is 2.12 bits per heavy atom. The van der Waals surface area contributed by atoms with E-state index in [-0.39, 0.29) is 0 Å². The molecule has 2 aliphatic carbocycles. The average molecular weight is 230 g/mol. The summed E-state index contributed by atoms with van der Waals surface area (Å²) in [5.41, 5.74) is 1.41. The Kier molecular flexibility index (Phi) is 4.36. The third-order valence-electron chi connectivity index (χ3n) is 3.93. The molecule has 1 aromatic carbocycles. The molecular weight excluding hydrogens is 208 g/mol. The number of carbonyl (C=O) groups is 1. The predicted octanol–water partition coefficient (Wildman–Crippen LogP) is 4.01. The maximum atomic E-state index is 10.9. The van der Waals surface area contributed by atoms with Gasteiger partial charge in [-0.2, -0.15) is 0 Å². The Hall–Kier alpha value is -1.11. The van der Waals surface area contributed by atoms with Crippen LogP contribution in [-0.4, -0.2) is 5.78 Å². The van der Waals surface area contributed by atoms with Gasteiger partial charge in [0.2, 0.25) is 0 Å². The van der Waals surface area contributed by atoms with Crippen LogP contribution in [0.25, 0.3) is 0 Å². The van der Waals surface area contributed by atoms with Gasteiger partial charge in [-0.1, -0.05) is 37.3 Å². The summed E-state index contributed by atoms with van der Waals surface area (Å²) in [5, 5.41) is 0. The second-order valence-corrected chi connectivity index (χ2v) is 5.33. The first-order chi connectivity index (χ1) is 8.28. The Morgan fingerprint density at radius 2 is 1.65 bits per heavy atom. The predicted molar refractivity (Wildman–Crippen MR) is 70.9 cm³/mol. The number of fused-ring (bicyclic) bond motifs is 2. The van der Waals surface area contributed by atoms with Gasteiger partial charge in [-0.15, -0.1) is 0 Å². The van der Waals surface area contributed by atoms with Gasteiger partial charge < -0.3 is 0 Å². The van der Waals surface area contributed by atoms with Crippen molar-refractivity contribution in [1.82, 2.24) is 0 Å². The summed E-state index contributed by atoms with van der Waals surface area (Å²) < 4.78 is 0. The van der Waals surface area contributed by atoms with Crippen molar-refractivity contribution in [2.45, 2.75) is 45.4 Å². The summed E-state index contributed by atoms with van der Waals surface area (Å²) in [5.74, 6) is 2.10. The number of carbonyl (C=O) groups excluding carboxylic acids is 1. The molecule has 0 aromatic heterocycles. The summed E-state index contributed by atoms with van der Waals surface area (Å²) in [6.45, 7) is 2.16. The quantitative estimate of drug-likeness (QED) is 0.712. The number of ketones is 1. The molecule has 0 aliphatic heterocycles. The molecule has 0 saturated heterocycles. The molecule has 0 spiro atoms. The van der Waals surface area contributed by atoms with Crippen molar-refractivity contribution in [3.8, 4) is 0 Å². The molecule has 1 heteroatoms. The van der Waals surface area contributed by atoms with Gasteiger partial charge >= 0.3 is 0 Å². The molecule has 2 atom stereocenters. The molecular formula is C16H22O. The second-order valence-electron chi connectivity index (χ2n) is 5.33. The van der Waals surface area contributed by atoms with Gasteiger partial charge in [-0.3, -0.25) is 4.79 Å². The van der Waals surface area contributed by atoms with Crippen molar-refractivity contribution in [3.05, 3.63) is 35.9 Å². The van der Waals surface area contributed by atoms with E-state index >= 15 is 0 Å². The molecule has 0 amide bonds. The van der Waals surface area contributed by atoms with Crippen molar-refractivity contribution >= 4 is 5.78 Å². The molecule has 17 heavy (non-hydrogen) atoms. The van der Waals surface area contributed by atoms with Crippen LogP contribution in [0, 0.1) is 11.8 Å². The zero-order valence-electron chi connectivity index (χ0n) is 10.7. The normalized spacial score (nSPS) is 26.3. The highest BCUT2D eigenvalue weighted by Crippen LogP contribution is 2.39. The van der Waals surface area contributed by atoms with Crippen molar-refractivity contribution in [2.24, 2.45) is 11.8 Å². The maximum Gasteiger partial charge on any atom is 0.133 e. The lowest BCUT2D eigenvalue weighted by molar-refractivity contribution is -0.121. The van der Waals surface area contributed by atoms with Crippen LogP contribution in [-0.2, 0) is 11.2 Å². The molecule has 0 radical (unpaired) electrons. The Balaban J connectivity index is 0.000000128. The molecule has 0 N–H and O–H groups in total. The summed E-state index contributed by atoms with van der Waals surface area (Å²) in [7, 11) is 0. The number of hydrogen-bond donors (Lipinski definition) is 0. The lowest BCUT2D eigenvalue weighted by atomic mass is 9.88. The first kappa shape index (κ1) is 12.3. The van der Waals surface area contributed by atoms with Crippen molar-refractivity contribution in [1.29, 1.82) is 0 Å². The van der Waals surface area contributed by atoms with E-state index in [0.717, 1.165) is 31.1 Å². The lowest BCUT2D eigenvalue weighted by Gasteiger charge is -2.15. The van der Waals surface area contributed by atoms with Gasteiger partial charge in [0.05, 0.1) is 0 Å². The van der Waals surface area contributed by atoms with Crippen LogP contribution in [0.15, 0.2) is 30.3 Å². The minimum atomic E-state index is 0.522. The van der Waals surface area contributed by atoms with Crippen LogP contribution in [0.1, 0.15) is 44.6 Å². The molecule has 3 rings (SSSR count). The van der Waals surface area contributed by atoms with Crippen LogP contribution in [0.3, 0.4) is 0 Å². The molecule has 2 fully saturated rings. The van der Waals surface area contributed by atoms with Gasteiger partial charge in [-0.25, -0.2) is 0 Å². The van der Waals surface area contributed by atoms with Crippen molar-refractivity contribution in [2.75, 3.05) is 0 Å². The lowest BCUT2D eigenvalue weighted by Crippen LogP contribution is -2.14. The number of benzene rings is 1. The highest BCUT2D eigenvalue weighted by atomic mass is 16.1. The number of aryl methyl sites for hydroxylation is 1. The van der Waals surface area contributed by atoms with E-state index in [1.165, 1.54) is 24.8 Å². The van der Waals surface area contributed by atoms with E-state index in [0.29, 0.717) is 5.78 Å². The van der Waals surface area contributed by atoms with Crippen LogP contribution >= 0.6 is 0 Å². The van der Waals surface area contributed by atoms with Crippen molar-refractivity contribution < 1.29 is 4.79 Å². The number of rotatable bonds is 1. The fourth-order valence-electron chi connectivity index (χ4n) is 2.99. The first-order valence-electron chi connectivity index (χ1n) is 6.83. The molecule has 0 heterocycles. The molecule has 2 saturated carbocycles. The maximum absolute atomic E-state index is 10.9. The molecule has 1 nitrogen and oxygen atoms in total. The van der Waals surface area contributed by atoms with Crippen LogP contribution < -0.4 is 0 Å². The Morgan fingerprint density at radius 1 is 1.06 bits per heavy atom. The smallest absolute Gasteiger partial charge is 0.133 e. The zero-order valence-corrected chi connectivity index (χ0v) is 10.7. The van der Waals surface area contributed by atoms with E-state index in [1.54, 1.807) is 0 Å². The van der Waals surface area contributed by atoms with Crippen LogP contribution in [0.4, 0.5) is 0 Å². The topological polar surface area (TPSA) is 17.1 Å². The molecule has 92 valence electrons. The van der Waals surface area contributed by atoms with Gasteiger partial charge in [0, 0.05) is 12.8 Å². The molecule has 0 unspecified atom stereocenters. The third-order valence-corrected chi connectivity index (χ3v) is 3.93. The second kappa shape index (κ2) is 6.00. The van der Waals surface area contributed by atoms with Crippen LogP contribution in [0.2, 0.25) is 0 Å². The summed E-state index contributed by atoms with van der Waals surface area (Å²) >= 11 is 0. The minimum Gasteiger partial charge on any atom is -0.300 e. The monoisotopic (exact) mass is 230 g/mol. The summed E-state index contributed by atoms with van der Waals surface area (Å²) in [6.07, 6.45) is 6.95.